The molecular formula is C15H21F2N3O. The molecular weight excluding hydrogens is 276 g/mol. The first-order valence-electron chi connectivity index (χ1n) is 7.22. The number of nitrogens with zero attached hydrogens (tertiary/aromatic N) is 1. The van der Waals surface area contributed by atoms with Crippen molar-refractivity contribution in [2.75, 3.05) is 18.4 Å². The maximum absolute atomic E-state index is 13.5. The maximum atomic E-state index is 13.5. The van der Waals surface area contributed by atoms with E-state index in [2.05, 4.69) is 5.32 Å². The summed E-state index contributed by atoms with van der Waals surface area (Å²) in [5, 5.41) is 2.32. The van der Waals surface area contributed by atoms with Gasteiger partial charge in [0, 0.05) is 18.6 Å². The van der Waals surface area contributed by atoms with Gasteiger partial charge >= 0.3 is 0 Å². The SMILES string of the molecule is CC1CCCC(CN)N1CC(=O)Nc1c(F)cccc1F. The minimum atomic E-state index is -0.773. The van der Waals surface area contributed by atoms with Crippen LogP contribution in [0.3, 0.4) is 0 Å². The Balaban J connectivity index is 2.03. The Kier molecular flexibility index (Phi) is 5.25. The van der Waals surface area contributed by atoms with Crippen LogP contribution in [0.5, 0.6) is 0 Å². The molecule has 21 heavy (non-hydrogen) atoms. The molecule has 3 N–H and O–H groups in total. The quantitative estimate of drug-likeness (QED) is 0.895. The summed E-state index contributed by atoms with van der Waals surface area (Å²) in [6.07, 6.45) is 3.03. The van der Waals surface area contributed by atoms with Crippen LogP contribution >= 0.6 is 0 Å². The first-order chi connectivity index (χ1) is 10.0. The maximum Gasteiger partial charge on any atom is 0.238 e. The van der Waals surface area contributed by atoms with E-state index in [4.69, 9.17) is 5.73 Å². The van der Waals surface area contributed by atoms with Gasteiger partial charge in [-0.1, -0.05) is 12.5 Å². The number of hydrogen-bond acceptors (Lipinski definition) is 3. The van der Waals surface area contributed by atoms with Crippen LogP contribution in [0.1, 0.15) is 26.2 Å². The first kappa shape index (κ1) is 15.9. The normalized spacial score (nSPS) is 23.0. The zero-order valence-corrected chi connectivity index (χ0v) is 12.1. The highest BCUT2D eigenvalue weighted by Crippen LogP contribution is 2.23. The molecule has 1 aliphatic rings. The van der Waals surface area contributed by atoms with Gasteiger partial charge < -0.3 is 11.1 Å². The van der Waals surface area contributed by atoms with Crippen LogP contribution in [0.2, 0.25) is 0 Å². The van der Waals surface area contributed by atoms with E-state index in [1.54, 1.807) is 0 Å². The Labute approximate surface area is 123 Å². The Morgan fingerprint density at radius 1 is 1.38 bits per heavy atom. The van der Waals surface area contributed by atoms with Crippen LogP contribution in [-0.2, 0) is 4.79 Å². The number of amides is 1. The van der Waals surface area contributed by atoms with Crippen molar-refractivity contribution in [2.24, 2.45) is 5.73 Å². The third kappa shape index (κ3) is 3.77. The van der Waals surface area contributed by atoms with E-state index in [1.165, 1.54) is 6.07 Å². The fourth-order valence-corrected chi connectivity index (χ4v) is 2.84. The number of benzene rings is 1. The van der Waals surface area contributed by atoms with E-state index in [0.29, 0.717) is 6.54 Å². The van der Waals surface area contributed by atoms with E-state index in [-0.39, 0.29) is 18.6 Å². The average molecular weight is 297 g/mol. The van der Waals surface area contributed by atoms with Crippen molar-refractivity contribution in [1.82, 2.24) is 4.90 Å². The highest BCUT2D eigenvalue weighted by molar-refractivity contribution is 5.92. The highest BCUT2D eigenvalue weighted by Gasteiger charge is 2.28. The minimum Gasteiger partial charge on any atom is -0.329 e. The van der Waals surface area contributed by atoms with Gasteiger partial charge in [-0.25, -0.2) is 8.78 Å². The molecule has 116 valence electrons. The fourth-order valence-electron chi connectivity index (χ4n) is 2.84. The third-order valence-corrected chi connectivity index (χ3v) is 4.02. The number of piperidine rings is 1. The molecule has 1 saturated heterocycles. The zero-order chi connectivity index (χ0) is 15.4. The summed E-state index contributed by atoms with van der Waals surface area (Å²) >= 11 is 0. The lowest BCUT2D eigenvalue weighted by Crippen LogP contribution is -2.51. The molecule has 1 aromatic carbocycles. The minimum absolute atomic E-state index is 0.0941. The molecule has 0 spiro atoms. The zero-order valence-electron chi connectivity index (χ0n) is 12.1. The summed E-state index contributed by atoms with van der Waals surface area (Å²) in [4.78, 5) is 14.1. The molecule has 1 amide bonds. The molecule has 0 aromatic heterocycles. The number of anilines is 1. The molecule has 0 aliphatic carbocycles. The standard InChI is InChI=1S/C15H21F2N3O/c1-10-4-2-5-11(8-18)20(10)9-14(21)19-15-12(16)6-3-7-13(15)17/h3,6-7,10-11H,2,4-5,8-9,18H2,1H3,(H,19,21). The number of nitrogens with two attached hydrogens (primary N) is 1. The lowest BCUT2D eigenvalue weighted by atomic mass is 9.96. The molecule has 1 aliphatic heterocycles. The highest BCUT2D eigenvalue weighted by atomic mass is 19.1. The van der Waals surface area contributed by atoms with Crippen LogP contribution in [-0.4, -0.2) is 36.0 Å². The van der Waals surface area contributed by atoms with E-state index in [1.807, 2.05) is 11.8 Å². The largest absolute Gasteiger partial charge is 0.329 e. The average Bonchev–Trinajstić information content (AvgIpc) is 2.45. The van der Waals surface area contributed by atoms with Crippen molar-refractivity contribution >= 4 is 11.6 Å². The number of halogens is 2. The lowest BCUT2D eigenvalue weighted by Gasteiger charge is -2.39. The molecule has 0 bridgehead atoms. The molecule has 0 saturated carbocycles. The second-order valence-corrected chi connectivity index (χ2v) is 5.49. The van der Waals surface area contributed by atoms with Crippen molar-refractivity contribution in [3.63, 3.8) is 0 Å². The number of likely N-dealkylation sites (tertiary alicyclic amines) is 1. The van der Waals surface area contributed by atoms with E-state index in [9.17, 15) is 13.6 Å². The van der Waals surface area contributed by atoms with Crippen molar-refractivity contribution in [1.29, 1.82) is 0 Å². The van der Waals surface area contributed by atoms with E-state index < -0.39 is 23.2 Å². The molecule has 1 fully saturated rings. The summed E-state index contributed by atoms with van der Waals surface area (Å²) in [7, 11) is 0. The number of nitrogens with one attached hydrogen (secondary N) is 1. The molecule has 6 heteroatoms. The predicted molar refractivity (Wildman–Crippen MR) is 77.8 cm³/mol. The van der Waals surface area contributed by atoms with Crippen LogP contribution < -0.4 is 11.1 Å². The summed E-state index contributed by atoms with van der Waals surface area (Å²) < 4.78 is 27.0. The Hall–Kier alpha value is -1.53. The molecule has 2 unspecified atom stereocenters. The second-order valence-electron chi connectivity index (χ2n) is 5.49. The smallest absolute Gasteiger partial charge is 0.238 e. The number of carbonyl (C=O) groups is 1. The summed E-state index contributed by atoms with van der Waals surface area (Å²) in [5.41, 5.74) is 5.35. The summed E-state index contributed by atoms with van der Waals surface area (Å²) in [5.74, 6) is -1.97. The molecule has 1 aromatic rings. The topological polar surface area (TPSA) is 58.4 Å². The van der Waals surface area contributed by atoms with Gasteiger partial charge in [-0.3, -0.25) is 9.69 Å². The van der Waals surface area contributed by atoms with Crippen molar-refractivity contribution < 1.29 is 13.6 Å². The van der Waals surface area contributed by atoms with E-state index >= 15 is 0 Å². The van der Waals surface area contributed by atoms with Gasteiger partial charge in [0.2, 0.25) is 5.91 Å². The van der Waals surface area contributed by atoms with Crippen LogP contribution in [0.15, 0.2) is 18.2 Å². The summed E-state index contributed by atoms with van der Waals surface area (Å²) in [6.45, 7) is 2.61. The molecule has 0 radical (unpaired) electrons. The van der Waals surface area contributed by atoms with Gasteiger partial charge in [-0.05, 0) is 31.9 Å². The lowest BCUT2D eigenvalue weighted by molar-refractivity contribution is -0.119. The third-order valence-electron chi connectivity index (χ3n) is 4.02. The molecule has 2 rings (SSSR count). The predicted octanol–water partition coefficient (Wildman–Crippen LogP) is 2.10. The van der Waals surface area contributed by atoms with Crippen LogP contribution in [0, 0.1) is 11.6 Å². The van der Waals surface area contributed by atoms with Crippen molar-refractivity contribution in [3.05, 3.63) is 29.8 Å². The van der Waals surface area contributed by atoms with Crippen LogP contribution in [0.4, 0.5) is 14.5 Å². The Morgan fingerprint density at radius 2 is 2.05 bits per heavy atom. The number of carbonyl (C=O) groups excluding carboxylic acids is 1. The molecule has 2 atom stereocenters. The Bertz CT molecular complexity index is 489. The second kappa shape index (κ2) is 6.95. The van der Waals surface area contributed by atoms with E-state index in [0.717, 1.165) is 31.4 Å². The fraction of sp³-hybridized carbons (Fsp3) is 0.533. The van der Waals surface area contributed by atoms with Gasteiger partial charge in [0.15, 0.2) is 0 Å². The Morgan fingerprint density at radius 3 is 2.67 bits per heavy atom. The van der Waals surface area contributed by atoms with Gasteiger partial charge in [0.1, 0.15) is 17.3 Å². The summed E-state index contributed by atoms with van der Waals surface area (Å²) in [6, 6.07) is 3.88. The number of para-hydroxylation sites is 1. The van der Waals surface area contributed by atoms with Gasteiger partial charge in [0.05, 0.1) is 6.54 Å². The van der Waals surface area contributed by atoms with Crippen molar-refractivity contribution in [3.8, 4) is 0 Å². The molecule has 1 heterocycles. The first-order valence-corrected chi connectivity index (χ1v) is 7.22. The van der Waals surface area contributed by atoms with Gasteiger partial charge in [0.25, 0.3) is 0 Å². The monoisotopic (exact) mass is 297 g/mol. The van der Waals surface area contributed by atoms with Crippen LogP contribution in [0.25, 0.3) is 0 Å². The van der Waals surface area contributed by atoms with Gasteiger partial charge in [-0.15, -0.1) is 0 Å². The number of hydrogen-bond donors (Lipinski definition) is 2. The molecule has 4 nitrogen and oxygen atoms in total. The van der Waals surface area contributed by atoms with Gasteiger partial charge in [-0.2, -0.15) is 0 Å². The number of rotatable bonds is 4. The van der Waals surface area contributed by atoms with Crippen molar-refractivity contribution in [2.45, 2.75) is 38.3 Å².